The molecular formula is C14H19N3. The van der Waals surface area contributed by atoms with Crippen molar-refractivity contribution in [2.24, 2.45) is 0 Å². The molecule has 0 saturated heterocycles. The van der Waals surface area contributed by atoms with Crippen LogP contribution in [0.15, 0.2) is 30.5 Å². The van der Waals surface area contributed by atoms with Crippen molar-refractivity contribution < 1.29 is 0 Å². The third-order valence-corrected chi connectivity index (χ3v) is 3.15. The Morgan fingerprint density at radius 3 is 2.71 bits per heavy atom. The van der Waals surface area contributed by atoms with E-state index in [-0.39, 0.29) is 5.54 Å². The van der Waals surface area contributed by atoms with Crippen LogP contribution in [0.3, 0.4) is 0 Å². The van der Waals surface area contributed by atoms with Gasteiger partial charge >= 0.3 is 0 Å². The van der Waals surface area contributed by atoms with E-state index < -0.39 is 0 Å². The molecule has 0 aliphatic carbocycles. The van der Waals surface area contributed by atoms with E-state index in [2.05, 4.69) is 31.1 Å². The number of nitrogens with two attached hydrogens (primary N) is 1. The van der Waals surface area contributed by atoms with Gasteiger partial charge in [0.15, 0.2) is 0 Å². The molecule has 0 amide bonds. The van der Waals surface area contributed by atoms with Gasteiger partial charge in [-0.15, -0.1) is 0 Å². The van der Waals surface area contributed by atoms with Gasteiger partial charge in [0.25, 0.3) is 0 Å². The highest BCUT2D eigenvalue weighted by Gasteiger charge is 2.17. The lowest BCUT2D eigenvalue weighted by molar-refractivity contribution is 0.548. The van der Waals surface area contributed by atoms with Crippen LogP contribution in [-0.2, 0) is 0 Å². The highest BCUT2D eigenvalue weighted by atomic mass is 15.0. The van der Waals surface area contributed by atoms with E-state index in [0.717, 1.165) is 23.0 Å². The molecule has 0 saturated carbocycles. The third-order valence-electron chi connectivity index (χ3n) is 3.15. The van der Waals surface area contributed by atoms with Crippen LogP contribution in [0.25, 0.3) is 10.9 Å². The number of para-hydroxylation sites is 1. The molecule has 3 nitrogen and oxygen atoms in total. The standard InChI is InChI=1S/C14H19N3/c1-4-14(2,3)17-13-10-7-5-6-8-12(10)16-9-11(13)15/h5-9H,4,15H2,1-3H3,(H,16,17). The van der Waals surface area contributed by atoms with Gasteiger partial charge in [0.2, 0.25) is 0 Å². The predicted octanol–water partition coefficient (Wildman–Crippen LogP) is 3.42. The summed E-state index contributed by atoms with van der Waals surface area (Å²) in [5.41, 5.74) is 8.71. The maximum Gasteiger partial charge on any atom is 0.0743 e. The van der Waals surface area contributed by atoms with Crippen molar-refractivity contribution in [2.45, 2.75) is 32.7 Å². The van der Waals surface area contributed by atoms with Gasteiger partial charge in [-0.2, -0.15) is 0 Å². The highest BCUT2D eigenvalue weighted by molar-refractivity contribution is 5.97. The van der Waals surface area contributed by atoms with E-state index in [1.807, 2.05) is 24.3 Å². The molecule has 0 aliphatic heterocycles. The lowest BCUT2D eigenvalue weighted by Crippen LogP contribution is -2.30. The second-order valence-electron chi connectivity index (χ2n) is 4.97. The minimum Gasteiger partial charge on any atom is -0.396 e. The zero-order valence-electron chi connectivity index (χ0n) is 10.6. The minimum atomic E-state index is 0.0260. The normalized spacial score (nSPS) is 11.7. The van der Waals surface area contributed by atoms with Gasteiger partial charge in [-0.1, -0.05) is 25.1 Å². The Bertz CT molecular complexity index is 532. The second-order valence-corrected chi connectivity index (χ2v) is 4.97. The topological polar surface area (TPSA) is 50.9 Å². The maximum absolute atomic E-state index is 6.02. The van der Waals surface area contributed by atoms with Gasteiger partial charge in [-0.3, -0.25) is 4.98 Å². The summed E-state index contributed by atoms with van der Waals surface area (Å²) in [5.74, 6) is 0. The number of nitrogens with one attached hydrogen (secondary N) is 1. The van der Waals surface area contributed by atoms with Crippen molar-refractivity contribution in [3.8, 4) is 0 Å². The number of pyridine rings is 1. The number of hydrogen-bond donors (Lipinski definition) is 2. The van der Waals surface area contributed by atoms with E-state index in [4.69, 9.17) is 5.73 Å². The molecule has 1 heterocycles. The Hall–Kier alpha value is -1.77. The van der Waals surface area contributed by atoms with Crippen molar-refractivity contribution in [3.05, 3.63) is 30.5 Å². The number of fused-ring (bicyclic) bond motifs is 1. The average Bonchev–Trinajstić information content (AvgIpc) is 2.33. The predicted molar refractivity (Wildman–Crippen MR) is 74.1 cm³/mol. The first-order chi connectivity index (χ1) is 8.03. The van der Waals surface area contributed by atoms with Crippen LogP contribution >= 0.6 is 0 Å². The van der Waals surface area contributed by atoms with Crippen molar-refractivity contribution >= 4 is 22.3 Å². The van der Waals surface area contributed by atoms with Gasteiger partial charge in [0, 0.05) is 10.9 Å². The molecule has 17 heavy (non-hydrogen) atoms. The van der Waals surface area contributed by atoms with Gasteiger partial charge in [0.1, 0.15) is 0 Å². The number of benzene rings is 1. The van der Waals surface area contributed by atoms with Crippen LogP contribution in [0.5, 0.6) is 0 Å². The average molecular weight is 229 g/mol. The Balaban J connectivity index is 2.55. The Kier molecular flexibility index (Phi) is 2.92. The summed E-state index contributed by atoms with van der Waals surface area (Å²) in [6, 6.07) is 8.04. The molecule has 1 aromatic carbocycles. The molecule has 3 heteroatoms. The molecule has 90 valence electrons. The molecule has 0 fully saturated rings. The van der Waals surface area contributed by atoms with Crippen LogP contribution in [0.4, 0.5) is 11.4 Å². The first-order valence-electron chi connectivity index (χ1n) is 5.95. The van der Waals surface area contributed by atoms with Gasteiger partial charge in [-0.05, 0) is 26.3 Å². The smallest absolute Gasteiger partial charge is 0.0743 e. The zero-order valence-corrected chi connectivity index (χ0v) is 10.6. The van der Waals surface area contributed by atoms with Crippen molar-refractivity contribution in [2.75, 3.05) is 11.1 Å². The minimum absolute atomic E-state index is 0.0260. The number of hydrogen-bond acceptors (Lipinski definition) is 3. The molecule has 0 aliphatic rings. The van der Waals surface area contributed by atoms with E-state index in [1.165, 1.54) is 0 Å². The molecule has 3 N–H and O–H groups in total. The first-order valence-corrected chi connectivity index (χ1v) is 5.95. The number of aromatic nitrogens is 1. The fourth-order valence-electron chi connectivity index (χ4n) is 1.72. The van der Waals surface area contributed by atoms with Crippen LogP contribution in [0.2, 0.25) is 0 Å². The van der Waals surface area contributed by atoms with Crippen LogP contribution in [0, 0.1) is 0 Å². The Morgan fingerprint density at radius 2 is 2.00 bits per heavy atom. The number of rotatable bonds is 3. The lowest BCUT2D eigenvalue weighted by atomic mass is 10.0. The summed E-state index contributed by atoms with van der Waals surface area (Å²) in [6.45, 7) is 6.50. The Morgan fingerprint density at radius 1 is 1.29 bits per heavy atom. The van der Waals surface area contributed by atoms with E-state index >= 15 is 0 Å². The number of nitrogen functional groups attached to an aromatic ring is 1. The van der Waals surface area contributed by atoms with E-state index in [0.29, 0.717) is 5.69 Å². The summed E-state index contributed by atoms with van der Waals surface area (Å²) < 4.78 is 0. The molecule has 0 bridgehead atoms. The SMILES string of the molecule is CCC(C)(C)Nc1c(N)cnc2ccccc12. The molecule has 0 unspecified atom stereocenters. The monoisotopic (exact) mass is 229 g/mol. The Labute approximate surface area is 102 Å². The lowest BCUT2D eigenvalue weighted by Gasteiger charge is -2.27. The number of nitrogens with zero attached hydrogens (tertiary/aromatic N) is 1. The summed E-state index contributed by atoms with van der Waals surface area (Å²) in [4.78, 5) is 4.33. The zero-order chi connectivity index (χ0) is 12.5. The van der Waals surface area contributed by atoms with Crippen LogP contribution in [0.1, 0.15) is 27.2 Å². The summed E-state index contributed by atoms with van der Waals surface area (Å²) >= 11 is 0. The largest absolute Gasteiger partial charge is 0.396 e. The highest BCUT2D eigenvalue weighted by Crippen LogP contribution is 2.30. The summed E-state index contributed by atoms with van der Waals surface area (Å²) in [7, 11) is 0. The quantitative estimate of drug-likeness (QED) is 0.848. The van der Waals surface area contributed by atoms with Gasteiger partial charge in [-0.25, -0.2) is 0 Å². The fraction of sp³-hybridized carbons (Fsp3) is 0.357. The third kappa shape index (κ3) is 2.33. The van der Waals surface area contributed by atoms with Crippen molar-refractivity contribution in [1.82, 2.24) is 4.98 Å². The van der Waals surface area contributed by atoms with Crippen molar-refractivity contribution in [3.63, 3.8) is 0 Å². The van der Waals surface area contributed by atoms with E-state index in [9.17, 15) is 0 Å². The molecule has 2 aromatic rings. The van der Waals surface area contributed by atoms with Gasteiger partial charge in [0.05, 0.1) is 23.1 Å². The molecule has 1 aromatic heterocycles. The van der Waals surface area contributed by atoms with Crippen LogP contribution in [-0.4, -0.2) is 10.5 Å². The summed E-state index contributed by atoms with van der Waals surface area (Å²) in [5, 5.41) is 4.59. The van der Waals surface area contributed by atoms with Gasteiger partial charge < -0.3 is 11.1 Å². The molecule has 0 radical (unpaired) electrons. The second kappa shape index (κ2) is 4.24. The first kappa shape index (κ1) is 11.7. The fourth-order valence-corrected chi connectivity index (χ4v) is 1.72. The summed E-state index contributed by atoms with van der Waals surface area (Å²) in [6.07, 6.45) is 2.75. The van der Waals surface area contributed by atoms with Crippen molar-refractivity contribution in [1.29, 1.82) is 0 Å². The maximum atomic E-state index is 6.02. The molecular weight excluding hydrogens is 210 g/mol. The number of anilines is 2. The molecule has 0 spiro atoms. The van der Waals surface area contributed by atoms with Crippen LogP contribution < -0.4 is 11.1 Å². The molecule has 2 rings (SSSR count). The molecule has 0 atom stereocenters. The van der Waals surface area contributed by atoms with E-state index in [1.54, 1.807) is 6.20 Å².